The fourth-order valence-electron chi connectivity index (χ4n) is 10.5. The Labute approximate surface area is 309 Å². The summed E-state index contributed by atoms with van der Waals surface area (Å²) in [5.74, 6) is 4.65. The molecule has 256 valence electrons. The third-order valence-corrected chi connectivity index (χ3v) is 12.5. The van der Waals surface area contributed by atoms with Crippen LogP contribution in [-0.4, -0.2) is 15.0 Å². The molecular weight excluding hydrogens is 647 g/mol. The Morgan fingerprint density at radius 1 is 0.396 bits per heavy atom. The summed E-state index contributed by atoms with van der Waals surface area (Å²) in [6.07, 6.45) is 8.41. The van der Waals surface area contributed by atoms with Crippen molar-refractivity contribution < 1.29 is 4.42 Å². The summed E-state index contributed by atoms with van der Waals surface area (Å²) in [4.78, 5) is 15.5. The molecule has 8 aromatic rings. The fraction of sp³-hybridized carbons (Fsp3) is 0.204. The molecule has 0 saturated heterocycles. The van der Waals surface area contributed by atoms with Gasteiger partial charge < -0.3 is 4.42 Å². The van der Waals surface area contributed by atoms with E-state index < -0.39 is 0 Å². The summed E-state index contributed by atoms with van der Waals surface area (Å²) in [6.45, 7) is 0. The van der Waals surface area contributed by atoms with Gasteiger partial charge in [0.1, 0.15) is 11.2 Å². The maximum Gasteiger partial charge on any atom is 0.167 e. The molecule has 0 N–H and O–H groups in total. The van der Waals surface area contributed by atoms with Gasteiger partial charge in [-0.25, -0.2) is 15.0 Å². The van der Waals surface area contributed by atoms with Crippen LogP contribution in [0.5, 0.6) is 0 Å². The van der Waals surface area contributed by atoms with Crippen molar-refractivity contribution in [1.82, 2.24) is 15.0 Å². The highest BCUT2D eigenvalue weighted by atomic mass is 16.3. The Bertz CT molecular complexity index is 2590. The summed E-state index contributed by atoms with van der Waals surface area (Å²) in [7, 11) is 0. The van der Waals surface area contributed by atoms with Gasteiger partial charge >= 0.3 is 0 Å². The van der Waals surface area contributed by atoms with Crippen molar-refractivity contribution >= 4 is 21.9 Å². The van der Waals surface area contributed by atoms with Crippen LogP contribution in [0.3, 0.4) is 0 Å². The number of nitrogens with zero attached hydrogens (tertiary/aromatic N) is 3. The zero-order chi connectivity index (χ0) is 34.9. The summed E-state index contributed by atoms with van der Waals surface area (Å²) >= 11 is 0. The average molecular weight is 686 g/mol. The van der Waals surface area contributed by atoms with Crippen molar-refractivity contribution in [1.29, 1.82) is 0 Å². The molecule has 4 saturated carbocycles. The predicted octanol–water partition coefficient (Wildman–Crippen LogP) is 12.6. The monoisotopic (exact) mass is 685 g/mol. The SMILES string of the molecule is c1ccc(-c2ccc(-c3nc(-c4ccc(C56CC7CC(CC(C7)C5)C6)cc4)nc(-c4cccc5c4oc4c(-c6ccccc6)cccc45)n3)cc2)cc1. The molecule has 4 bridgehead atoms. The molecule has 4 heteroatoms. The van der Waals surface area contributed by atoms with Crippen LogP contribution in [0.2, 0.25) is 0 Å². The van der Waals surface area contributed by atoms with Crippen molar-refractivity contribution in [2.75, 3.05) is 0 Å². The van der Waals surface area contributed by atoms with Gasteiger partial charge in [-0.1, -0.05) is 140 Å². The van der Waals surface area contributed by atoms with Crippen LogP contribution in [0.4, 0.5) is 0 Å². The van der Waals surface area contributed by atoms with E-state index in [0.717, 1.165) is 73.1 Å². The van der Waals surface area contributed by atoms with Crippen LogP contribution in [-0.2, 0) is 5.41 Å². The standard InChI is InChI=1S/C49H39N3O/c1-3-9-34(10-4-1)35-17-19-37(20-18-35)46-50-47(38-21-23-39(24-22-38)49-28-31-25-32(29-49)27-33(26-31)30-49)52-48(51-46)43-16-8-15-42-41-14-7-13-40(44(41)53-45(42)43)36-11-5-2-6-12-36/h1-24,31-33H,25-30H2. The van der Waals surface area contributed by atoms with E-state index in [1.807, 2.05) is 12.1 Å². The minimum Gasteiger partial charge on any atom is -0.455 e. The van der Waals surface area contributed by atoms with Crippen molar-refractivity contribution in [2.24, 2.45) is 17.8 Å². The molecule has 2 aromatic heterocycles. The zero-order valence-corrected chi connectivity index (χ0v) is 29.6. The number of para-hydroxylation sites is 2. The third kappa shape index (κ3) is 5.22. The average Bonchev–Trinajstić information content (AvgIpc) is 3.60. The molecule has 0 aliphatic heterocycles. The third-order valence-electron chi connectivity index (χ3n) is 12.5. The second-order valence-electron chi connectivity index (χ2n) is 15.9. The summed E-state index contributed by atoms with van der Waals surface area (Å²) in [5.41, 5.74) is 10.8. The Morgan fingerprint density at radius 3 is 1.43 bits per heavy atom. The highest BCUT2D eigenvalue weighted by molar-refractivity contribution is 6.12. The first-order chi connectivity index (χ1) is 26.2. The Kier molecular flexibility index (Phi) is 7.01. The number of rotatable bonds is 6. The maximum absolute atomic E-state index is 6.81. The molecular formula is C49H39N3O. The van der Waals surface area contributed by atoms with Crippen molar-refractivity contribution in [3.05, 3.63) is 151 Å². The van der Waals surface area contributed by atoms with Crippen molar-refractivity contribution in [3.63, 3.8) is 0 Å². The summed E-state index contributed by atoms with van der Waals surface area (Å²) in [5, 5.41) is 2.13. The maximum atomic E-state index is 6.81. The number of furan rings is 1. The molecule has 2 heterocycles. The van der Waals surface area contributed by atoms with E-state index >= 15 is 0 Å². The molecule has 4 fully saturated rings. The molecule has 12 rings (SSSR count). The molecule has 0 amide bonds. The number of hydrogen-bond donors (Lipinski definition) is 0. The van der Waals surface area contributed by atoms with Gasteiger partial charge in [-0.05, 0) is 90.0 Å². The molecule has 0 unspecified atom stereocenters. The van der Waals surface area contributed by atoms with E-state index in [2.05, 4.69) is 133 Å². The molecule has 53 heavy (non-hydrogen) atoms. The van der Waals surface area contributed by atoms with Gasteiger partial charge in [-0.15, -0.1) is 0 Å². The molecule has 0 spiro atoms. The summed E-state index contributed by atoms with van der Waals surface area (Å²) in [6, 6.07) is 51.4. The second kappa shape index (κ2) is 12.1. The number of benzene rings is 6. The van der Waals surface area contributed by atoms with Gasteiger partial charge in [0.05, 0.1) is 5.56 Å². The number of fused-ring (bicyclic) bond motifs is 3. The molecule has 4 aliphatic carbocycles. The first-order valence-electron chi connectivity index (χ1n) is 19.2. The fourth-order valence-corrected chi connectivity index (χ4v) is 10.5. The van der Waals surface area contributed by atoms with Gasteiger partial charge in [-0.2, -0.15) is 0 Å². The van der Waals surface area contributed by atoms with Gasteiger partial charge in [0.2, 0.25) is 0 Å². The van der Waals surface area contributed by atoms with E-state index in [4.69, 9.17) is 19.4 Å². The Balaban J connectivity index is 1.04. The van der Waals surface area contributed by atoms with Crippen LogP contribution >= 0.6 is 0 Å². The minimum absolute atomic E-state index is 0.346. The lowest BCUT2D eigenvalue weighted by Gasteiger charge is -2.57. The first kappa shape index (κ1) is 30.7. The van der Waals surface area contributed by atoms with Gasteiger partial charge in [0.25, 0.3) is 0 Å². The quantitative estimate of drug-likeness (QED) is 0.175. The Morgan fingerprint density at radius 2 is 0.849 bits per heavy atom. The number of hydrogen-bond acceptors (Lipinski definition) is 4. The molecule has 6 aromatic carbocycles. The molecule has 0 radical (unpaired) electrons. The van der Waals surface area contributed by atoms with E-state index in [1.165, 1.54) is 49.7 Å². The predicted molar refractivity (Wildman–Crippen MR) is 214 cm³/mol. The highest BCUT2D eigenvalue weighted by Crippen LogP contribution is 2.60. The van der Waals surface area contributed by atoms with Crippen molar-refractivity contribution in [2.45, 2.75) is 43.9 Å². The van der Waals surface area contributed by atoms with E-state index in [0.29, 0.717) is 22.9 Å². The van der Waals surface area contributed by atoms with Gasteiger partial charge in [0.15, 0.2) is 17.5 Å². The largest absolute Gasteiger partial charge is 0.455 e. The molecule has 4 nitrogen and oxygen atoms in total. The minimum atomic E-state index is 0.346. The van der Waals surface area contributed by atoms with Crippen LogP contribution in [0.25, 0.3) is 78.4 Å². The van der Waals surface area contributed by atoms with Crippen LogP contribution in [0, 0.1) is 17.8 Å². The van der Waals surface area contributed by atoms with E-state index in [-0.39, 0.29) is 0 Å². The van der Waals surface area contributed by atoms with Gasteiger partial charge in [-0.3, -0.25) is 0 Å². The van der Waals surface area contributed by atoms with Crippen molar-refractivity contribution in [3.8, 4) is 56.4 Å². The van der Waals surface area contributed by atoms with E-state index in [1.54, 1.807) is 0 Å². The van der Waals surface area contributed by atoms with Gasteiger partial charge in [0, 0.05) is 27.5 Å². The second-order valence-corrected chi connectivity index (χ2v) is 15.9. The number of aromatic nitrogens is 3. The molecule has 4 aliphatic rings. The van der Waals surface area contributed by atoms with Crippen LogP contribution in [0.15, 0.2) is 150 Å². The van der Waals surface area contributed by atoms with Crippen LogP contribution in [0.1, 0.15) is 44.1 Å². The topological polar surface area (TPSA) is 51.8 Å². The lowest BCUT2D eigenvalue weighted by atomic mass is 9.48. The first-order valence-corrected chi connectivity index (χ1v) is 19.2. The smallest absolute Gasteiger partial charge is 0.167 e. The lowest BCUT2D eigenvalue weighted by molar-refractivity contribution is -0.00518. The zero-order valence-electron chi connectivity index (χ0n) is 29.6. The Hall–Kier alpha value is -5.87. The van der Waals surface area contributed by atoms with E-state index in [9.17, 15) is 0 Å². The lowest BCUT2D eigenvalue weighted by Crippen LogP contribution is -2.48. The summed E-state index contributed by atoms with van der Waals surface area (Å²) < 4.78 is 6.81. The highest BCUT2D eigenvalue weighted by Gasteiger charge is 2.51. The van der Waals surface area contributed by atoms with Crippen LogP contribution < -0.4 is 0 Å². The normalized spacial score (nSPS) is 21.8. The molecule has 0 atom stereocenters.